The highest BCUT2D eigenvalue weighted by Gasteiger charge is 2.14. The number of benzene rings is 2. The van der Waals surface area contributed by atoms with Crippen LogP contribution in [0.4, 0.5) is 5.69 Å². The van der Waals surface area contributed by atoms with Gasteiger partial charge in [0, 0.05) is 15.8 Å². The van der Waals surface area contributed by atoms with Gasteiger partial charge in [0.2, 0.25) is 5.91 Å². The molecule has 0 saturated heterocycles. The molecule has 0 aliphatic heterocycles. The first-order chi connectivity index (χ1) is 12.5. The molecule has 134 valence electrons. The first-order valence-electron chi connectivity index (χ1n) is 8.12. The van der Waals surface area contributed by atoms with Gasteiger partial charge in [-0.05, 0) is 56.2 Å². The summed E-state index contributed by atoms with van der Waals surface area (Å²) in [6.45, 7) is 5.87. The molecule has 0 radical (unpaired) electrons. The Hall–Kier alpha value is -2.12. The molecule has 0 saturated carbocycles. The number of hydrogen-bond acceptors (Lipinski definition) is 4. The maximum atomic E-state index is 12.4. The maximum Gasteiger partial charge on any atom is 0.234 e. The molecule has 0 spiro atoms. The summed E-state index contributed by atoms with van der Waals surface area (Å²) in [5.41, 5.74) is 3.90. The monoisotopic (exact) mass is 430 g/mol. The van der Waals surface area contributed by atoms with E-state index in [4.69, 9.17) is 0 Å². The second-order valence-electron chi connectivity index (χ2n) is 5.95. The first kappa shape index (κ1) is 18.7. The number of carbonyl (C=O) groups is 1. The van der Waals surface area contributed by atoms with Crippen molar-refractivity contribution >= 4 is 39.3 Å². The summed E-state index contributed by atoms with van der Waals surface area (Å²) in [5, 5.41) is 12.1. The van der Waals surface area contributed by atoms with Gasteiger partial charge in [-0.1, -0.05) is 45.9 Å². The standard InChI is InChI=1S/C19H19BrN4OS/c1-12-9-15(20)10-13(2)18(12)21-17(25)11-26-19-23-22-14(3)24(19)16-7-5-4-6-8-16/h4-10H,11H2,1-3H3,(H,21,25). The number of hydrogen-bond donors (Lipinski definition) is 1. The molecule has 1 amide bonds. The molecule has 1 aromatic heterocycles. The van der Waals surface area contributed by atoms with Crippen molar-refractivity contribution < 1.29 is 4.79 Å². The Morgan fingerprint density at radius 3 is 2.42 bits per heavy atom. The molecule has 0 aliphatic carbocycles. The summed E-state index contributed by atoms with van der Waals surface area (Å²) in [7, 11) is 0. The van der Waals surface area contributed by atoms with E-state index in [-0.39, 0.29) is 11.7 Å². The molecule has 2 aromatic carbocycles. The van der Waals surface area contributed by atoms with E-state index in [2.05, 4.69) is 31.4 Å². The molecule has 7 heteroatoms. The minimum absolute atomic E-state index is 0.0659. The Balaban J connectivity index is 1.72. The van der Waals surface area contributed by atoms with E-state index in [1.165, 1.54) is 11.8 Å². The number of rotatable bonds is 5. The zero-order valence-electron chi connectivity index (χ0n) is 14.8. The minimum Gasteiger partial charge on any atom is -0.325 e. The summed E-state index contributed by atoms with van der Waals surface area (Å²) in [6, 6.07) is 13.9. The van der Waals surface area contributed by atoms with Gasteiger partial charge in [-0.3, -0.25) is 9.36 Å². The third kappa shape index (κ3) is 4.16. The van der Waals surface area contributed by atoms with Crippen LogP contribution in [0.1, 0.15) is 17.0 Å². The summed E-state index contributed by atoms with van der Waals surface area (Å²) < 4.78 is 2.96. The summed E-state index contributed by atoms with van der Waals surface area (Å²) in [6.07, 6.45) is 0. The third-order valence-electron chi connectivity index (χ3n) is 3.90. The van der Waals surface area contributed by atoms with Crippen LogP contribution in [0, 0.1) is 20.8 Å². The molecule has 0 atom stereocenters. The molecule has 3 aromatic rings. The van der Waals surface area contributed by atoms with Crippen LogP contribution in [0.2, 0.25) is 0 Å². The highest BCUT2D eigenvalue weighted by atomic mass is 79.9. The molecular weight excluding hydrogens is 412 g/mol. The van der Waals surface area contributed by atoms with E-state index in [1.807, 2.05) is 67.8 Å². The molecule has 0 bridgehead atoms. The van der Waals surface area contributed by atoms with Crippen molar-refractivity contribution in [3.05, 3.63) is 63.9 Å². The highest BCUT2D eigenvalue weighted by molar-refractivity contribution is 9.10. The van der Waals surface area contributed by atoms with Gasteiger partial charge in [-0.15, -0.1) is 10.2 Å². The summed E-state index contributed by atoms with van der Waals surface area (Å²) in [4.78, 5) is 12.4. The van der Waals surface area contributed by atoms with Crippen LogP contribution in [0.3, 0.4) is 0 Å². The van der Waals surface area contributed by atoms with Gasteiger partial charge in [0.15, 0.2) is 5.16 Å². The van der Waals surface area contributed by atoms with Crippen molar-refractivity contribution in [2.24, 2.45) is 0 Å². The van der Waals surface area contributed by atoms with Crippen LogP contribution in [0.25, 0.3) is 5.69 Å². The number of amides is 1. The van der Waals surface area contributed by atoms with Gasteiger partial charge in [0.1, 0.15) is 5.82 Å². The van der Waals surface area contributed by atoms with Crippen LogP contribution in [-0.4, -0.2) is 26.4 Å². The third-order valence-corrected chi connectivity index (χ3v) is 5.29. The quantitative estimate of drug-likeness (QED) is 0.596. The van der Waals surface area contributed by atoms with Gasteiger partial charge < -0.3 is 5.32 Å². The number of aryl methyl sites for hydroxylation is 3. The Morgan fingerprint density at radius 1 is 1.12 bits per heavy atom. The molecule has 0 aliphatic rings. The van der Waals surface area contributed by atoms with Gasteiger partial charge in [-0.2, -0.15) is 0 Å². The topological polar surface area (TPSA) is 59.8 Å². The lowest BCUT2D eigenvalue weighted by Crippen LogP contribution is -2.16. The zero-order chi connectivity index (χ0) is 18.7. The number of carbonyl (C=O) groups excluding carboxylic acids is 1. The normalized spacial score (nSPS) is 10.8. The van der Waals surface area contributed by atoms with Crippen molar-refractivity contribution in [3.8, 4) is 5.69 Å². The second-order valence-corrected chi connectivity index (χ2v) is 7.81. The zero-order valence-corrected chi connectivity index (χ0v) is 17.2. The molecule has 5 nitrogen and oxygen atoms in total. The van der Waals surface area contributed by atoms with Crippen molar-refractivity contribution in [2.75, 3.05) is 11.1 Å². The van der Waals surface area contributed by atoms with Crippen LogP contribution in [-0.2, 0) is 4.79 Å². The lowest BCUT2D eigenvalue weighted by atomic mass is 10.1. The second kappa shape index (κ2) is 8.05. The summed E-state index contributed by atoms with van der Waals surface area (Å²) in [5.74, 6) is 0.988. The lowest BCUT2D eigenvalue weighted by Gasteiger charge is -2.12. The lowest BCUT2D eigenvalue weighted by molar-refractivity contribution is -0.113. The van der Waals surface area contributed by atoms with Crippen LogP contribution >= 0.6 is 27.7 Å². The predicted octanol–water partition coefficient (Wildman–Crippen LogP) is 4.69. The van der Waals surface area contributed by atoms with Crippen molar-refractivity contribution in [1.29, 1.82) is 0 Å². The fourth-order valence-electron chi connectivity index (χ4n) is 2.72. The highest BCUT2D eigenvalue weighted by Crippen LogP contribution is 2.26. The average Bonchev–Trinajstić information content (AvgIpc) is 2.97. The van der Waals surface area contributed by atoms with Crippen molar-refractivity contribution in [2.45, 2.75) is 25.9 Å². The van der Waals surface area contributed by atoms with E-state index in [0.29, 0.717) is 5.16 Å². The SMILES string of the molecule is Cc1cc(Br)cc(C)c1NC(=O)CSc1nnc(C)n1-c1ccccc1. The summed E-state index contributed by atoms with van der Waals surface area (Å²) >= 11 is 4.85. The minimum atomic E-state index is -0.0659. The van der Waals surface area contributed by atoms with Gasteiger partial charge in [0.25, 0.3) is 0 Å². The number of nitrogens with zero attached hydrogens (tertiary/aromatic N) is 3. The van der Waals surface area contributed by atoms with Crippen LogP contribution in [0.15, 0.2) is 52.1 Å². The molecule has 1 heterocycles. The van der Waals surface area contributed by atoms with Gasteiger partial charge in [0.05, 0.1) is 5.75 Å². The molecule has 26 heavy (non-hydrogen) atoms. The van der Waals surface area contributed by atoms with Crippen LogP contribution < -0.4 is 5.32 Å². The maximum absolute atomic E-state index is 12.4. The first-order valence-corrected chi connectivity index (χ1v) is 9.90. The average molecular weight is 431 g/mol. The largest absolute Gasteiger partial charge is 0.325 e. The number of nitrogens with one attached hydrogen (secondary N) is 1. The Bertz CT molecular complexity index is 917. The Labute approximate surface area is 165 Å². The number of thioether (sulfide) groups is 1. The number of halogens is 1. The smallest absolute Gasteiger partial charge is 0.234 e. The van der Waals surface area contributed by atoms with E-state index < -0.39 is 0 Å². The van der Waals surface area contributed by atoms with E-state index in [1.54, 1.807) is 0 Å². The number of anilines is 1. The van der Waals surface area contributed by atoms with Gasteiger partial charge >= 0.3 is 0 Å². The molecule has 0 fully saturated rings. The molecule has 0 unspecified atom stereocenters. The van der Waals surface area contributed by atoms with E-state index >= 15 is 0 Å². The predicted molar refractivity (Wildman–Crippen MR) is 109 cm³/mol. The Kier molecular flexibility index (Phi) is 5.78. The van der Waals surface area contributed by atoms with Crippen LogP contribution in [0.5, 0.6) is 0 Å². The van der Waals surface area contributed by atoms with Crippen molar-refractivity contribution in [3.63, 3.8) is 0 Å². The van der Waals surface area contributed by atoms with E-state index in [0.717, 1.165) is 32.8 Å². The van der Waals surface area contributed by atoms with Gasteiger partial charge in [-0.25, -0.2) is 0 Å². The fraction of sp³-hybridized carbons (Fsp3) is 0.211. The number of para-hydroxylation sites is 1. The number of aromatic nitrogens is 3. The fourth-order valence-corrected chi connectivity index (χ4v) is 4.21. The molecule has 3 rings (SSSR count). The van der Waals surface area contributed by atoms with E-state index in [9.17, 15) is 4.79 Å². The Morgan fingerprint density at radius 2 is 1.77 bits per heavy atom. The molecular formula is C19H19BrN4OS. The van der Waals surface area contributed by atoms with Crippen molar-refractivity contribution in [1.82, 2.24) is 14.8 Å². The molecule has 1 N–H and O–H groups in total.